The van der Waals surface area contributed by atoms with Crippen LogP contribution in [0.2, 0.25) is 0 Å². The summed E-state index contributed by atoms with van der Waals surface area (Å²) < 4.78 is 0. The van der Waals surface area contributed by atoms with E-state index in [0.717, 1.165) is 28.1 Å². The molecule has 0 fully saturated rings. The Morgan fingerprint density at radius 1 is 1.25 bits per heavy atom. The van der Waals surface area contributed by atoms with Gasteiger partial charge in [-0.25, -0.2) is 9.97 Å². The maximum atomic E-state index is 11.5. The van der Waals surface area contributed by atoms with E-state index in [1.807, 2.05) is 19.2 Å². The summed E-state index contributed by atoms with van der Waals surface area (Å²) in [7, 11) is 0. The lowest BCUT2D eigenvalue weighted by Gasteiger charge is -2.14. The Kier molecular flexibility index (Phi) is 5.22. The molecule has 0 spiro atoms. The van der Waals surface area contributed by atoms with Crippen LogP contribution in [0.3, 0.4) is 0 Å². The average molecular weight is 310 g/mol. The van der Waals surface area contributed by atoms with Crippen LogP contribution in [-0.2, 0) is 17.9 Å². The Balaban J connectivity index is 1.88. The van der Waals surface area contributed by atoms with Crippen molar-refractivity contribution in [3.63, 3.8) is 0 Å². The molecule has 108 valence electrons. The first-order valence-electron chi connectivity index (χ1n) is 6.44. The zero-order valence-electron chi connectivity index (χ0n) is 11.8. The maximum Gasteiger partial charge on any atom is 0.225 e. The Labute approximate surface area is 126 Å². The number of aryl methyl sites for hydroxylation is 1. The number of amides is 1. The molecule has 0 aliphatic carbocycles. The van der Waals surface area contributed by atoms with Gasteiger partial charge in [0.1, 0.15) is 0 Å². The van der Waals surface area contributed by atoms with Crippen molar-refractivity contribution in [3.8, 4) is 0 Å². The van der Waals surface area contributed by atoms with Crippen LogP contribution in [0.15, 0.2) is 10.8 Å². The number of nitrogens with one attached hydrogen (secondary N) is 1. The van der Waals surface area contributed by atoms with E-state index < -0.39 is 0 Å². The summed E-state index contributed by atoms with van der Waals surface area (Å²) in [5.74, 6) is 0.0271. The number of hydrogen-bond acceptors (Lipinski definition) is 6. The Hall–Kier alpha value is -1.31. The minimum Gasteiger partial charge on any atom is -0.305 e. The topological polar surface area (TPSA) is 58.1 Å². The fraction of sp³-hybridized carbons (Fsp3) is 0.462. The number of aromatic nitrogens is 2. The van der Waals surface area contributed by atoms with Crippen molar-refractivity contribution in [1.82, 2.24) is 15.3 Å². The third kappa shape index (κ3) is 3.84. The molecule has 0 radical (unpaired) electrons. The maximum absolute atomic E-state index is 11.5. The monoisotopic (exact) mass is 310 g/mol. The van der Waals surface area contributed by atoms with Gasteiger partial charge in [0.15, 0.2) is 5.13 Å². The van der Waals surface area contributed by atoms with Crippen LogP contribution >= 0.6 is 22.7 Å². The van der Waals surface area contributed by atoms with E-state index in [2.05, 4.69) is 20.7 Å². The molecule has 0 aliphatic rings. The molecule has 0 aliphatic heterocycles. The predicted molar refractivity (Wildman–Crippen MR) is 83.2 cm³/mol. The number of carbonyl (C=O) groups excluding carboxylic acids is 1. The molecule has 0 aromatic carbocycles. The third-order valence-electron chi connectivity index (χ3n) is 2.75. The largest absolute Gasteiger partial charge is 0.305 e. The summed E-state index contributed by atoms with van der Waals surface area (Å²) in [4.78, 5) is 22.0. The highest BCUT2D eigenvalue weighted by atomic mass is 32.1. The Bertz CT molecular complexity index is 578. The number of nitrogens with zero attached hydrogens (tertiary/aromatic N) is 3. The Morgan fingerprint density at radius 3 is 2.45 bits per heavy atom. The van der Waals surface area contributed by atoms with Crippen molar-refractivity contribution < 1.29 is 4.79 Å². The standard InChI is InChI=1S/C13H18N4OS2/c1-4-17(10(3)18)13-16-12(8-20-13)6-14-5-11-7-19-9(2)15-11/h7-8,14H,4-6H2,1-3H3. The molecule has 7 heteroatoms. The van der Waals surface area contributed by atoms with Crippen LogP contribution in [0.25, 0.3) is 0 Å². The van der Waals surface area contributed by atoms with Crippen LogP contribution in [-0.4, -0.2) is 22.4 Å². The third-order valence-corrected chi connectivity index (χ3v) is 4.48. The number of carbonyl (C=O) groups is 1. The normalized spacial score (nSPS) is 10.8. The zero-order valence-corrected chi connectivity index (χ0v) is 13.5. The second-order valence-corrected chi connectivity index (χ2v) is 6.24. The lowest BCUT2D eigenvalue weighted by molar-refractivity contribution is -0.116. The highest BCUT2D eigenvalue weighted by Crippen LogP contribution is 2.20. The van der Waals surface area contributed by atoms with Crippen molar-refractivity contribution in [2.45, 2.75) is 33.9 Å². The first kappa shape index (κ1) is 15.1. The van der Waals surface area contributed by atoms with Crippen molar-refractivity contribution >= 4 is 33.7 Å². The summed E-state index contributed by atoms with van der Waals surface area (Å²) in [6.07, 6.45) is 0. The predicted octanol–water partition coefficient (Wildman–Crippen LogP) is 2.57. The van der Waals surface area contributed by atoms with Crippen molar-refractivity contribution in [2.75, 3.05) is 11.4 Å². The van der Waals surface area contributed by atoms with Gasteiger partial charge in [0.2, 0.25) is 5.91 Å². The summed E-state index contributed by atoms with van der Waals surface area (Å²) in [5, 5.41) is 9.21. The lowest BCUT2D eigenvalue weighted by Crippen LogP contribution is -2.27. The molecular formula is C13H18N4OS2. The second-order valence-electron chi connectivity index (χ2n) is 4.35. The van der Waals surface area contributed by atoms with E-state index in [9.17, 15) is 4.79 Å². The van der Waals surface area contributed by atoms with Gasteiger partial charge in [-0.05, 0) is 13.8 Å². The molecule has 20 heavy (non-hydrogen) atoms. The summed E-state index contributed by atoms with van der Waals surface area (Å²) in [6, 6.07) is 0. The first-order chi connectivity index (χ1) is 9.60. The minimum absolute atomic E-state index is 0.0271. The van der Waals surface area contributed by atoms with E-state index in [0.29, 0.717) is 13.1 Å². The zero-order chi connectivity index (χ0) is 14.5. The average Bonchev–Trinajstić information content (AvgIpc) is 3.00. The molecule has 1 amide bonds. The van der Waals surface area contributed by atoms with Crippen molar-refractivity contribution in [1.29, 1.82) is 0 Å². The van der Waals surface area contributed by atoms with E-state index >= 15 is 0 Å². The molecule has 5 nitrogen and oxygen atoms in total. The molecule has 2 aromatic rings. The molecule has 2 aromatic heterocycles. The van der Waals surface area contributed by atoms with E-state index in [1.54, 1.807) is 23.2 Å². The molecule has 0 saturated carbocycles. The van der Waals surface area contributed by atoms with E-state index in [1.165, 1.54) is 11.3 Å². The van der Waals surface area contributed by atoms with Gasteiger partial charge >= 0.3 is 0 Å². The fourth-order valence-electron chi connectivity index (χ4n) is 1.80. The van der Waals surface area contributed by atoms with Crippen LogP contribution in [0.1, 0.15) is 30.2 Å². The van der Waals surface area contributed by atoms with Gasteiger partial charge in [-0.2, -0.15) is 0 Å². The Morgan fingerprint density at radius 2 is 1.90 bits per heavy atom. The van der Waals surface area contributed by atoms with Gasteiger partial charge in [-0.3, -0.25) is 9.69 Å². The second kappa shape index (κ2) is 6.92. The smallest absolute Gasteiger partial charge is 0.225 e. The SMILES string of the molecule is CCN(C(C)=O)c1nc(CNCc2csc(C)n2)cs1. The number of hydrogen-bond donors (Lipinski definition) is 1. The van der Waals surface area contributed by atoms with Crippen LogP contribution in [0, 0.1) is 6.92 Å². The highest BCUT2D eigenvalue weighted by molar-refractivity contribution is 7.14. The number of thiazole rings is 2. The van der Waals surface area contributed by atoms with Gasteiger partial charge < -0.3 is 5.32 Å². The van der Waals surface area contributed by atoms with Crippen LogP contribution < -0.4 is 10.2 Å². The van der Waals surface area contributed by atoms with Gasteiger partial charge in [0.25, 0.3) is 0 Å². The summed E-state index contributed by atoms with van der Waals surface area (Å²) in [6.45, 7) is 7.58. The molecule has 1 N–H and O–H groups in total. The van der Waals surface area contributed by atoms with Crippen LogP contribution in [0.5, 0.6) is 0 Å². The molecule has 2 rings (SSSR count). The molecule has 0 atom stereocenters. The summed E-state index contributed by atoms with van der Waals surface area (Å²) in [5.41, 5.74) is 2.01. The van der Waals surface area contributed by atoms with Crippen molar-refractivity contribution in [3.05, 3.63) is 27.2 Å². The highest BCUT2D eigenvalue weighted by Gasteiger charge is 2.13. The number of rotatable bonds is 6. The van der Waals surface area contributed by atoms with E-state index in [4.69, 9.17) is 0 Å². The minimum atomic E-state index is 0.0271. The lowest BCUT2D eigenvalue weighted by atomic mass is 10.4. The van der Waals surface area contributed by atoms with Crippen LogP contribution in [0.4, 0.5) is 5.13 Å². The summed E-state index contributed by atoms with van der Waals surface area (Å²) >= 11 is 3.16. The quantitative estimate of drug-likeness (QED) is 0.891. The van der Waals surface area contributed by atoms with Gasteiger partial charge in [0, 0.05) is 37.3 Å². The first-order valence-corrected chi connectivity index (χ1v) is 8.20. The molecule has 2 heterocycles. The molecule has 0 saturated heterocycles. The van der Waals surface area contributed by atoms with Gasteiger partial charge in [0.05, 0.1) is 16.4 Å². The number of anilines is 1. The molecule has 0 unspecified atom stereocenters. The van der Waals surface area contributed by atoms with E-state index in [-0.39, 0.29) is 5.91 Å². The fourth-order valence-corrected chi connectivity index (χ4v) is 3.35. The van der Waals surface area contributed by atoms with Crippen molar-refractivity contribution in [2.24, 2.45) is 0 Å². The van der Waals surface area contributed by atoms with Gasteiger partial charge in [-0.1, -0.05) is 0 Å². The molecular weight excluding hydrogens is 292 g/mol. The van der Waals surface area contributed by atoms with Gasteiger partial charge in [-0.15, -0.1) is 22.7 Å². The molecule has 0 bridgehead atoms.